The number of nitro benzene ring substituents is 1. The summed E-state index contributed by atoms with van der Waals surface area (Å²) in [5.41, 5.74) is 1.13. The number of benzene rings is 2. The van der Waals surface area contributed by atoms with Crippen molar-refractivity contribution in [1.29, 1.82) is 5.26 Å². The first-order chi connectivity index (χ1) is 10.5. The monoisotopic (exact) mass is 360 g/mol. The minimum absolute atomic E-state index is 0.0222. The van der Waals surface area contributed by atoms with Crippen molar-refractivity contribution >= 4 is 27.6 Å². The number of carbonyl (C=O) groups is 1. The molecule has 0 aliphatic carbocycles. The molecule has 2 rings (SSSR count). The second kappa shape index (κ2) is 6.83. The first-order valence-electron chi connectivity index (χ1n) is 6.11. The molecule has 0 heterocycles. The van der Waals surface area contributed by atoms with Gasteiger partial charge in [0.25, 0.3) is 5.69 Å². The highest BCUT2D eigenvalue weighted by Crippen LogP contribution is 2.26. The topological polar surface area (TPSA) is 93.2 Å². The Morgan fingerprint density at radius 2 is 1.95 bits per heavy atom. The van der Waals surface area contributed by atoms with Crippen LogP contribution in [0.4, 0.5) is 5.69 Å². The lowest BCUT2D eigenvalue weighted by atomic mass is 10.1. The van der Waals surface area contributed by atoms with Gasteiger partial charge in [-0.3, -0.25) is 10.1 Å². The Balaban J connectivity index is 2.07. The fraction of sp³-hybridized carbons (Fsp3) is 0.0667. The number of nitrogens with zero attached hydrogens (tertiary/aromatic N) is 2. The van der Waals surface area contributed by atoms with Gasteiger partial charge in [0.1, 0.15) is 6.61 Å². The molecular formula is C15H9BrN2O4. The quantitative estimate of drug-likeness (QED) is 0.471. The molecule has 110 valence electrons. The highest BCUT2D eigenvalue weighted by Gasteiger charge is 2.16. The van der Waals surface area contributed by atoms with Crippen LogP contribution in [0.2, 0.25) is 0 Å². The Morgan fingerprint density at radius 1 is 1.27 bits per heavy atom. The maximum Gasteiger partial charge on any atom is 0.338 e. The second-order valence-corrected chi connectivity index (χ2v) is 5.16. The zero-order valence-electron chi connectivity index (χ0n) is 11.2. The molecule has 0 radical (unpaired) electrons. The molecule has 0 spiro atoms. The molecule has 0 saturated carbocycles. The standard InChI is InChI=1S/C15H9BrN2O4/c16-13-6-5-12(7-14(13)18(20)21)15(19)22-9-11-3-1-10(8-17)2-4-11/h1-7H,9H2. The first kappa shape index (κ1) is 15.7. The number of nitro groups is 1. The Morgan fingerprint density at radius 3 is 2.55 bits per heavy atom. The minimum atomic E-state index is -0.653. The third-order valence-electron chi connectivity index (χ3n) is 2.83. The molecular weight excluding hydrogens is 352 g/mol. The lowest BCUT2D eigenvalue weighted by molar-refractivity contribution is -0.385. The summed E-state index contributed by atoms with van der Waals surface area (Å²) in [7, 11) is 0. The van der Waals surface area contributed by atoms with Crippen LogP contribution in [0.3, 0.4) is 0 Å². The van der Waals surface area contributed by atoms with Crippen LogP contribution in [0.25, 0.3) is 0 Å². The molecule has 22 heavy (non-hydrogen) atoms. The highest BCUT2D eigenvalue weighted by molar-refractivity contribution is 9.10. The zero-order chi connectivity index (χ0) is 16.1. The first-order valence-corrected chi connectivity index (χ1v) is 6.90. The van der Waals surface area contributed by atoms with Gasteiger partial charge in [-0.1, -0.05) is 12.1 Å². The van der Waals surface area contributed by atoms with E-state index in [1.807, 2.05) is 6.07 Å². The van der Waals surface area contributed by atoms with Gasteiger partial charge in [0, 0.05) is 6.07 Å². The van der Waals surface area contributed by atoms with E-state index in [1.165, 1.54) is 12.1 Å². The van der Waals surface area contributed by atoms with E-state index in [9.17, 15) is 14.9 Å². The van der Waals surface area contributed by atoms with Gasteiger partial charge in [-0.15, -0.1) is 0 Å². The van der Waals surface area contributed by atoms with E-state index in [0.29, 0.717) is 10.0 Å². The predicted octanol–water partition coefficient (Wildman–Crippen LogP) is 3.59. The maximum atomic E-state index is 11.9. The van der Waals surface area contributed by atoms with Crippen LogP contribution in [-0.4, -0.2) is 10.9 Å². The zero-order valence-corrected chi connectivity index (χ0v) is 12.7. The van der Waals surface area contributed by atoms with Crippen LogP contribution in [0.5, 0.6) is 0 Å². The molecule has 0 fully saturated rings. The summed E-state index contributed by atoms with van der Waals surface area (Å²) in [4.78, 5) is 22.2. The molecule has 0 aliphatic rings. The lowest BCUT2D eigenvalue weighted by Gasteiger charge is -2.05. The Kier molecular flexibility index (Phi) is 4.86. The third-order valence-corrected chi connectivity index (χ3v) is 3.50. The van der Waals surface area contributed by atoms with Gasteiger partial charge in [-0.2, -0.15) is 5.26 Å². The van der Waals surface area contributed by atoms with Crippen molar-refractivity contribution in [2.75, 3.05) is 0 Å². The molecule has 6 nitrogen and oxygen atoms in total. The minimum Gasteiger partial charge on any atom is -0.457 e. The summed E-state index contributed by atoms with van der Waals surface area (Å²) in [6.07, 6.45) is 0. The number of nitriles is 1. The molecule has 2 aromatic carbocycles. The van der Waals surface area contributed by atoms with Crippen LogP contribution >= 0.6 is 15.9 Å². The summed E-state index contributed by atoms with van der Waals surface area (Å²) in [6.45, 7) is 0.0222. The SMILES string of the molecule is N#Cc1ccc(COC(=O)c2ccc(Br)c([N+](=O)[O-])c2)cc1. The normalized spacial score (nSPS) is 9.82. The number of hydrogen-bond donors (Lipinski definition) is 0. The molecule has 0 amide bonds. The Bertz CT molecular complexity index is 766. The van der Waals surface area contributed by atoms with Crippen molar-refractivity contribution in [3.8, 4) is 6.07 Å². The number of esters is 1. The van der Waals surface area contributed by atoms with Gasteiger partial charge in [0.15, 0.2) is 0 Å². The average molecular weight is 361 g/mol. The largest absolute Gasteiger partial charge is 0.457 e. The van der Waals surface area contributed by atoms with Crippen molar-refractivity contribution in [1.82, 2.24) is 0 Å². The molecule has 0 unspecified atom stereocenters. The molecule has 7 heteroatoms. The molecule has 0 atom stereocenters. The van der Waals surface area contributed by atoms with Crippen molar-refractivity contribution in [3.63, 3.8) is 0 Å². The molecule has 0 aliphatic heterocycles. The number of hydrogen-bond acceptors (Lipinski definition) is 5. The smallest absolute Gasteiger partial charge is 0.338 e. The Hall–Kier alpha value is -2.72. The van der Waals surface area contributed by atoms with Crippen molar-refractivity contribution in [2.24, 2.45) is 0 Å². The molecule has 0 saturated heterocycles. The number of halogens is 1. The van der Waals surface area contributed by atoms with E-state index in [1.54, 1.807) is 24.3 Å². The highest BCUT2D eigenvalue weighted by atomic mass is 79.9. The summed E-state index contributed by atoms with van der Waals surface area (Å²) in [5, 5.41) is 19.5. The van der Waals surface area contributed by atoms with Crippen LogP contribution in [0, 0.1) is 21.4 Å². The van der Waals surface area contributed by atoms with E-state index in [2.05, 4.69) is 15.9 Å². The molecule has 0 N–H and O–H groups in total. The summed E-state index contributed by atoms with van der Waals surface area (Å²) < 4.78 is 5.40. The summed E-state index contributed by atoms with van der Waals surface area (Å²) in [6, 6.07) is 12.6. The van der Waals surface area contributed by atoms with E-state index in [4.69, 9.17) is 10.00 Å². The van der Waals surface area contributed by atoms with Crippen molar-refractivity contribution in [2.45, 2.75) is 6.61 Å². The fourth-order valence-corrected chi connectivity index (χ4v) is 2.08. The summed E-state index contributed by atoms with van der Waals surface area (Å²) in [5.74, 6) is -0.653. The van der Waals surface area contributed by atoms with Gasteiger partial charge >= 0.3 is 5.97 Å². The van der Waals surface area contributed by atoms with Gasteiger partial charge in [-0.25, -0.2) is 4.79 Å². The number of rotatable bonds is 4. The van der Waals surface area contributed by atoms with Crippen LogP contribution < -0.4 is 0 Å². The fourth-order valence-electron chi connectivity index (χ4n) is 1.69. The van der Waals surface area contributed by atoms with Crippen LogP contribution in [0.15, 0.2) is 46.9 Å². The van der Waals surface area contributed by atoms with Gasteiger partial charge in [0.2, 0.25) is 0 Å². The molecule has 2 aromatic rings. The van der Waals surface area contributed by atoms with E-state index < -0.39 is 10.9 Å². The predicted molar refractivity (Wildman–Crippen MR) is 81.1 cm³/mol. The van der Waals surface area contributed by atoms with E-state index >= 15 is 0 Å². The summed E-state index contributed by atoms with van der Waals surface area (Å²) >= 11 is 3.05. The number of carbonyl (C=O) groups excluding carboxylic acids is 1. The van der Waals surface area contributed by atoms with Crippen molar-refractivity contribution < 1.29 is 14.5 Å². The average Bonchev–Trinajstić information content (AvgIpc) is 2.53. The third kappa shape index (κ3) is 3.68. The van der Waals surface area contributed by atoms with Crippen LogP contribution in [-0.2, 0) is 11.3 Å². The van der Waals surface area contributed by atoms with E-state index in [-0.39, 0.29) is 17.9 Å². The van der Waals surface area contributed by atoms with Crippen molar-refractivity contribution in [3.05, 3.63) is 73.7 Å². The Labute approximate surface area is 134 Å². The van der Waals surface area contributed by atoms with E-state index in [0.717, 1.165) is 11.6 Å². The van der Waals surface area contributed by atoms with Crippen LogP contribution in [0.1, 0.15) is 21.5 Å². The second-order valence-electron chi connectivity index (χ2n) is 4.31. The molecule has 0 bridgehead atoms. The number of ether oxygens (including phenoxy) is 1. The lowest BCUT2D eigenvalue weighted by Crippen LogP contribution is -2.06. The molecule has 0 aromatic heterocycles. The maximum absolute atomic E-state index is 11.9. The van der Waals surface area contributed by atoms with Gasteiger partial charge < -0.3 is 4.74 Å². The van der Waals surface area contributed by atoms with Gasteiger partial charge in [0.05, 0.1) is 26.6 Å². The van der Waals surface area contributed by atoms with Gasteiger partial charge in [-0.05, 0) is 45.8 Å².